The van der Waals surface area contributed by atoms with Crippen molar-refractivity contribution >= 4 is 17.0 Å². The van der Waals surface area contributed by atoms with Crippen LogP contribution in [0.1, 0.15) is 36.3 Å². The highest BCUT2D eigenvalue weighted by atomic mass is 16.3. The zero-order valence-corrected chi connectivity index (χ0v) is 12.3. The molecule has 0 radical (unpaired) electrons. The zero-order valence-electron chi connectivity index (χ0n) is 12.3. The topological polar surface area (TPSA) is 30.2 Å². The number of hydrogen-bond donors (Lipinski definition) is 0. The van der Waals surface area contributed by atoms with Gasteiger partial charge in [0.2, 0.25) is 0 Å². The van der Waals surface area contributed by atoms with Gasteiger partial charge in [-0.05, 0) is 43.0 Å². The minimum atomic E-state index is 0.0714. The third-order valence-corrected chi connectivity index (χ3v) is 3.65. The molecule has 0 aliphatic carbocycles. The van der Waals surface area contributed by atoms with E-state index in [-0.39, 0.29) is 5.43 Å². The van der Waals surface area contributed by atoms with Gasteiger partial charge in [-0.2, -0.15) is 0 Å². The quantitative estimate of drug-likeness (QED) is 0.768. The summed E-state index contributed by atoms with van der Waals surface area (Å²) in [7, 11) is 0. The highest BCUT2D eigenvalue weighted by Crippen LogP contribution is 2.24. The van der Waals surface area contributed by atoms with Crippen LogP contribution in [0.4, 0.5) is 0 Å². The van der Waals surface area contributed by atoms with Crippen molar-refractivity contribution < 1.29 is 4.42 Å². The molecule has 1 heterocycles. The molecule has 2 heteroatoms. The Balaban J connectivity index is 2.86. The van der Waals surface area contributed by atoms with Crippen molar-refractivity contribution in [3.8, 4) is 0 Å². The second-order valence-corrected chi connectivity index (χ2v) is 4.80. The van der Waals surface area contributed by atoms with Crippen molar-refractivity contribution in [2.24, 2.45) is 0 Å². The van der Waals surface area contributed by atoms with Crippen LogP contribution < -0.4 is 5.43 Å². The second-order valence-electron chi connectivity index (χ2n) is 4.80. The molecule has 0 unspecified atom stereocenters. The van der Waals surface area contributed by atoms with Gasteiger partial charge in [0.05, 0.1) is 5.39 Å². The van der Waals surface area contributed by atoms with Crippen LogP contribution >= 0.6 is 0 Å². The predicted molar refractivity (Wildman–Crippen MR) is 85.2 cm³/mol. The molecule has 104 valence electrons. The maximum atomic E-state index is 12.6. The van der Waals surface area contributed by atoms with Crippen LogP contribution in [0.5, 0.6) is 0 Å². The monoisotopic (exact) mass is 268 g/mol. The van der Waals surface area contributed by atoms with Crippen LogP contribution in [0.15, 0.2) is 40.1 Å². The van der Waals surface area contributed by atoms with E-state index in [1.807, 2.05) is 13.0 Å². The fraction of sp³-hybridized carbons (Fsp3) is 0.278. The molecule has 0 bridgehead atoms. The van der Waals surface area contributed by atoms with Crippen molar-refractivity contribution in [3.63, 3.8) is 0 Å². The molecular weight excluding hydrogens is 248 g/mol. The standard InChI is InChI=1S/C18H20O2/c1-5-8-9-15-12(4)18(19)17-14(7-3)13(6-2)10-11-16(17)20-15/h5,8-11H,1,6-7H2,2-4H3/b9-8-. The van der Waals surface area contributed by atoms with Crippen molar-refractivity contribution in [2.45, 2.75) is 33.6 Å². The molecule has 1 aromatic carbocycles. The van der Waals surface area contributed by atoms with E-state index in [0.717, 1.165) is 23.8 Å². The molecule has 0 aliphatic heterocycles. The van der Waals surface area contributed by atoms with E-state index in [1.54, 1.807) is 18.2 Å². The summed E-state index contributed by atoms with van der Waals surface area (Å²) in [6.45, 7) is 9.63. The SMILES string of the molecule is C=C/C=C\c1oc2ccc(CC)c(CC)c2c(=O)c1C. The molecule has 0 fully saturated rings. The molecule has 0 N–H and O–H groups in total. The van der Waals surface area contributed by atoms with Crippen LogP contribution in [-0.4, -0.2) is 0 Å². The number of fused-ring (bicyclic) bond motifs is 1. The van der Waals surface area contributed by atoms with E-state index in [9.17, 15) is 4.79 Å². The summed E-state index contributed by atoms with van der Waals surface area (Å²) in [6, 6.07) is 3.96. The first-order chi connectivity index (χ1) is 9.63. The molecule has 0 atom stereocenters. The minimum absolute atomic E-state index is 0.0714. The molecule has 0 saturated carbocycles. The van der Waals surface area contributed by atoms with Crippen molar-refractivity contribution in [1.29, 1.82) is 0 Å². The summed E-state index contributed by atoms with van der Waals surface area (Å²) in [5, 5.41) is 0.736. The molecule has 0 aliphatic rings. The molecule has 20 heavy (non-hydrogen) atoms. The van der Waals surface area contributed by atoms with E-state index < -0.39 is 0 Å². The zero-order chi connectivity index (χ0) is 14.7. The Bertz CT molecular complexity index is 733. The number of rotatable bonds is 4. The van der Waals surface area contributed by atoms with Gasteiger partial charge in [0.1, 0.15) is 11.3 Å². The summed E-state index contributed by atoms with van der Waals surface area (Å²) < 4.78 is 5.88. The Morgan fingerprint density at radius 3 is 2.60 bits per heavy atom. The van der Waals surface area contributed by atoms with Gasteiger partial charge in [0.15, 0.2) is 5.43 Å². The van der Waals surface area contributed by atoms with Gasteiger partial charge >= 0.3 is 0 Å². The van der Waals surface area contributed by atoms with E-state index in [0.29, 0.717) is 16.9 Å². The van der Waals surface area contributed by atoms with E-state index >= 15 is 0 Å². The van der Waals surface area contributed by atoms with Crippen molar-refractivity contribution in [3.05, 3.63) is 63.5 Å². The second kappa shape index (κ2) is 5.91. The first kappa shape index (κ1) is 14.3. The van der Waals surface area contributed by atoms with Gasteiger partial charge in [-0.25, -0.2) is 0 Å². The summed E-state index contributed by atoms with van der Waals surface area (Å²) in [6.07, 6.45) is 6.99. The number of hydrogen-bond acceptors (Lipinski definition) is 2. The maximum Gasteiger partial charge on any atom is 0.196 e. The average Bonchev–Trinajstić information content (AvgIpc) is 2.48. The van der Waals surface area contributed by atoms with Crippen molar-refractivity contribution in [1.82, 2.24) is 0 Å². The van der Waals surface area contributed by atoms with Crippen LogP contribution in [0, 0.1) is 6.92 Å². The normalized spacial score (nSPS) is 11.3. The molecule has 1 aromatic heterocycles. The molecule has 2 aromatic rings. The lowest BCUT2D eigenvalue weighted by Crippen LogP contribution is -2.11. The van der Waals surface area contributed by atoms with Crippen LogP contribution in [0.25, 0.3) is 17.0 Å². The number of benzene rings is 1. The Morgan fingerprint density at radius 1 is 1.25 bits per heavy atom. The summed E-state index contributed by atoms with van der Waals surface area (Å²) in [5.74, 6) is 0.605. The summed E-state index contributed by atoms with van der Waals surface area (Å²) in [5.41, 5.74) is 3.72. The summed E-state index contributed by atoms with van der Waals surface area (Å²) >= 11 is 0. The smallest absolute Gasteiger partial charge is 0.196 e. The third-order valence-electron chi connectivity index (χ3n) is 3.65. The summed E-state index contributed by atoms with van der Waals surface area (Å²) in [4.78, 5) is 12.6. The van der Waals surface area contributed by atoms with Crippen LogP contribution in [0.2, 0.25) is 0 Å². The Hall–Kier alpha value is -2.09. The average molecular weight is 268 g/mol. The lowest BCUT2D eigenvalue weighted by atomic mass is 9.97. The minimum Gasteiger partial charge on any atom is -0.456 e. The lowest BCUT2D eigenvalue weighted by molar-refractivity contribution is 0.584. The first-order valence-corrected chi connectivity index (χ1v) is 7.01. The molecule has 2 nitrogen and oxygen atoms in total. The fourth-order valence-corrected chi connectivity index (χ4v) is 2.55. The van der Waals surface area contributed by atoms with Gasteiger partial charge in [-0.3, -0.25) is 4.79 Å². The number of allylic oxidation sites excluding steroid dienone is 2. The van der Waals surface area contributed by atoms with Gasteiger partial charge < -0.3 is 4.42 Å². The largest absolute Gasteiger partial charge is 0.456 e. The third kappa shape index (κ3) is 2.34. The molecule has 0 saturated heterocycles. The van der Waals surface area contributed by atoms with Crippen LogP contribution in [0.3, 0.4) is 0 Å². The lowest BCUT2D eigenvalue weighted by Gasteiger charge is -2.11. The van der Waals surface area contributed by atoms with Crippen molar-refractivity contribution in [2.75, 3.05) is 0 Å². The molecule has 0 amide bonds. The first-order valence-electron chi connectivity index (χ1n) is 7.01. The fourth-order valence-electron chi connectivity index (χ4n) is 2.55. The van der Waals surface area contributed by atoms with Gasteiger partial charge in [0.25, 0.3) is 0 Å². The number of aryl methyl sites for hydroxylation is 2. The van der Waals surface area contributed by atoms with E-state index in [2.05, 4.69) is 26.5 Å². The van der Waals surface area contributed by atoms with E-state index in [1.165, 1.54) is 5.56 Å². The van der Waals surface area contributed by atoms with Crippen LogP contribution in [-0.2, 0) is 12.8 Å². The van der Waals surface area contributed by atoms with Gasteiger partial charge in [-0.1, -0.05) is 38.6 Å². The Morgan fingerprint density at radius 2 is 2.00 bits per heavy atom. The highest BCUT2D eigenvalue weighted by molar-refractivity contribution is 5.83. The molecule has 2 rings (SSSR count). The van der Waals surface area contributed by atoms with Gasteiger partial charge in [-0.15, -0.1) is 0 Å². The predicted octanol–water partition coefficient (Wildman–Crippen LogP) is 4.43. The van der Waals surface area contributed by atoms with Gasteiger partial charge in [0, 0.05) is 5.56 Å². The van der Waals surface area contributed by atoms with E-state index in [4.69, 9.17) is 4.42 Å². The molecule has 0 spiro atoms. The Labute approximate surface area is 119 Å². The Kier molecular flexibility index (Phi) is 4.23. The maximum absolute atomic E-state index is 12.6. The highest BCUT2D eigenvalue weighted by Gasteiger charge is 2.14. The molecular formula is C18H20O2.